The average molecular weight is 370 g/mol. The van der Waals surface area contributed by atoms with E-state index in [1.807, 2.05) is 72.9 Å². The van der Waals surface area contributed by atoms with Crippen LogP contribution in [0, 0.1) is 0 Å². The van der Waals surface area contributed by atoms with E-state index in [4.69, 9.17) is 0 Å². The summed E-state index contributed by atoms with van der Waals surface area (Å²) in [5.74, 6) is 0.146. The van der Waals surface area contributed by atoms with Crippen LogP contribution >= 0.6 is 0 Å². The Morgan fingerprint density at radius 3 is 1.57 bits per heavy atom. The van der Waals surface area contributed by atoms with E-state index < -0.39 is 0 Å². The largest absolute Gasteiger partial charge is 0.292 e. The van der Waals surface area contributed by atoms with Crippen LogP contribution in [0.3, 0.4) is 0 Å². The van der Waals surface area contributed by atoms with E-state index in [1.54, 1.807) is 0 Å². The monoisotopic (exact) mass is 369 g/mol. The molecule has 0 N–H and O–H groups in total. The molecule has 0 spiro atoms. The molecular formula is C26H27NO. The second-order valence-corrected chi connectivity index (χ2v) is 7.25. The van der Waals surface area contributed by atoms with Gasteiger partial charge < -0.3 is 0 Å². The minimum Gasteiger partial charge on any atom is -0.292 e. The SMILES string of the molecule is CC(C)N1CC(=CC=Cc2ccccc2)C(=O)C(=CC=Cc2ccccc2)C1. The number of benzene rings is 2. The van der Waals surface area contributed by atoms with Crippen LogP contribution in [0.1, 0.15) is 25.0 Å². The van der Waals surface area contributed by atoms with Gasteiger partial charge in [0.25, 0.3) is 0 Å². The maximum atomic E-state index is 12.9. The van der Waals surface area contributed by atoms with Gasteiger partial charge in [0.15, 0.2) is 5.78 Å². The second-order valence-electron chi connectivity index (χ2n) is 7.25. The van der Waals surface area contributed by atoms with Crippen molar-refractivity contribution in [3.63, 3.8) is 0 Å². The molecule has 3 rings (SSSR count). The summed E-state index contributed by atoms with van der Waals surface area (Å²) in [6.07, 6.45) is 11.9. The highest BCUT2D eigenvalue weighted by atomic mass is 16.1. The van der Waals surface area contributed by atoms with E-state index in [9.17, 15) is 4.79 Å². The van der Waals surface area contributed by atoms with Crippen molar-refractivity contribution in [2.24, 2.45) is 0 Å². The molecule has 0 amide bonds. The molecule has 1 heterocycles. The topological polar surface area (TPSA) is 20.3 Å². The summed E-state index contributed by atoms with van der Waals surface area (Å²) in [7, 11) is 0. The van der Waals surface area contributed by atoms with Gasteiger partial charge in [-0.15, -0.1) is 0 Å². The van der Waals surface area contributed by atoms with E-state index >= 15 is 0 Å². The van der Waals surface area contributed by atoms with Crippen LogP contribution in [0.15, 0.2) is 96.1 Å². The summed E-state index contributed by atoms with van der Waals surface area (Å²) in [4.78, 5) is 15.3. The van der Waals surface area contributed by atoms with E-state index in [-0.39, 0.29) is 5.78 Å². The van der Waals surface area contributed by atoms with Crippen LogP contribution in [0.4, 0.5) is 0 Å². The van der Waals surface area contributed by atoms with Crippen molar-refractivity contribution in [3.05, 3.63) is 107 Å². The van der Waals surface area contributed by atoms with Crippen LogP contribution in [-0.2, 0) is 4.79 Å². The van der Waals surface area contributed by atoms with Gasteiger partial charge in [-0.25, -0.2) is 0 Å². The van der Waals surface area contributed by atoms with Gasteiger partial charge in [-0.2, -0.15) is 0 Å². The first-order valence-corrected chi connectivity index (χ1v) is 9.77. The molecule has 2 aromatic rings. The molecular weight excluding hydrogens is 342 g/mol. The van der Waals surface area contributed by atoms with Gasteiger partial charge in [-0.3, -0.25) is 9.69 Å². The molecule has 0 aromatic heterocycles. The Morgan fingerprint density at radius 2 is 1.18 bits per heavy atom. The summed E-state index contributed by atoms with van der Waals surface area (Å²) >= 11 is 0. The van der Waals surface area contributed by atoms with Gasteiger partial charge >= 0.3 is 0 Å². The van der Waals surface area contributed by atoms with Gasteiger partial charge in [0.05, 0.1) is 0 Å². The first kappa shape index (κ1) is 19.8. The quantitative estimate of drug-likeness (QED) is 0.643. The normalized spacial score (nSPS) is 18.9. The third-order valence-electron chi connectivity index (χ3n) is 4.83. The molecule has 1 saturated heterocycles. The number of nitrogens with zero attached hydrogens (tertiary/aromatic N) is 1. The van der Waals surface area contributed by atoms with Crippen LogP contribution in [0.25, 0.3) is 12.2 Å². The highest BCUT2D eigenvalue weighted by Crippen LogP contribution is 2.20. The lowest BCUT2D eigenvalue weighted by molar-refractivity contribution is -0.113. The maximum Gasteiger partial charge on any atom is 0.187 e. The lowest BCUT2D eigenvalue weighted by Crippen LogP contribution is -2.41. The number of rotatable bonds is 5. The molecule has 2 nitrogen and oxygen atoms in total. The minimum absolute atomic E-state index is 0.146. The van der Waals surface area contributed by atoms with Gasteiger partial charge in [0.2, 0.25) is 0 Å². The van der Waals surface area contributed by atoms with Crippen molar-refractivity contribution in [2.45, 2.75) is 19.9 Å². The van der Waals surface area contributed by atoms with Crippen molar-refractivity contribution < 1.29 is 4.79 Å². The molecule has 2 aromatic carbocycles. The van der Waals surface area contributed by atoms with Gasteiger partial charge in [-0.1, -0.05) is 97.1 Å². The van der Waals surface area contributed by atoms with Crippen molar-refractivity contribution in [2.75, 3.05) is 13.1 Å². The Morgan fingerprint density at radius 1 is 0.750 bits per heavy atom. The van der Waals surface area contributed by atoms with Crippen LogP contribution in [0.5, 0.6) is 0 Å². The fourth-order valence-electron chi connectivity index (χ4n) is 3.14. The highest BCUT2D eigenvalue weighted by Gasteiger charge is 2.26. The van der Waals surface area contributed by atoms with Gasteiger partial charge in [-0.05, 0) is 25.0 Å². The molecule has 1 aliphatic heterocycles. The summed E-state index contributed by atoms with van der Waals surface area (Å²) < 4.78 is 0. The number of ketones is 1. The Balaban J connectivity index is 1.79. The second kappa shape index (κ2) is 9.82. The smallest absolute Gasteiger partial charge is 0.187 e. The predicted octanol–water partition coefficient (Wildman–Crippen LogP) is 5.56. The van der Waals surface area contributed by atoms with Crippen molar-refractivity contribution in [1.29, 1.82) is 0 Å². The molecule has 1 fully saturated rings. The summed E-state index contributed by atoms with van der Waals surface area (Å²) in [6.45, 7) is 5.72. The zero-order chi connectivity index (χ0) is 19.8. The van der Waals surface area contributed by atoms with E-state index in [0.29, 0.717) is 19.1 Å². The summed E-state index contributed by atoms with van der Waals surface area (Å²) in [5, 5.41) is 0. The Kier molecular flexibility index (Phi) is 6.94. The molecule has 1 aliphatic rings. The number of likely N-dealkylation sites (tertiary alicyclic amines) is 1. The van der Waals surface area contributed by atoms with E-state index in [2.05, 4.69) is 43.0 Å². The summed E-state index contributed by atoms with van der Waals surface area (Å²) in [5.41, 5.74) is 3.94. The average Bonchev–Trinajstić information content (AvgIpc) is 2.72. The molecule has 0 unspecified atom stereocenters. The lowest BCUT2D eigenvalue weighted by atomic mass is 9.95. The first-order chi connectivity index (χ1) is 13.6. The van der Waals surface area contributed by atoms with Crippen LogP contribution in [-0.4, -0.2) is 29.8 Å². The minimum atomic E-state index is 0.146. The molecule has 0 bridgehead atoms. The predicted molar refractivity (Wildman–Crippen MR) is 119 cm³/mol. The number of Topliss-reactive ketones (excluding diaryl/α,β-unsaturated/α-hetero) is 1. The van der Waals surface area contributed by atoms with Crippen molar-refractivity contribution in [3.8, 4) is 0 Å². The first-order valence-electron chi connectivity index (χ1n) is 9.77. The molecule has 0 radical (unpaired) electrons. The fourth-order valence-corrected chi connectivity index (χ4v) is 3.14. The fraction of sp³-hybridized carbons (Fsp3) is 0.192. The highest BCUT2D eigenvalue weighted by molar-refractivity contribution is 6.10. The molecule has 0 saturated carbocycles. The number of piperidine rings is 1. The Bertz CT molecular complexity index is 830. The zero-order valence-electron chi connectivity index (χ0n) is 16.6. The zero-order valence-corrected chi connectivity index (χ0v) is 16.6. The van der Waals surface area contributed by atoms with E-state index in [0.717, 1.165) is 22.3 Å². The lowest BCUT2D eigenvalue weighted by Gasteiger charge is -2.32. The Hall–Kier alpha value is -2.97. The summed E-state index contributed by atoms with van der Waals surface area (Å²) in [6, 6.07) is 20.7. The number of hydrogen-bond acceptors (Lipinski definition) is 2. The number of carbonyl (C=O) groups is 1. The number of allylic oxidation sites excluding steroid dienone is 4. The molecule has 0 atom stereocenters. The van der Waals surface area contributed by atoms with Crippen molar-refractivity contribution in [1.82, 2.24) is 4.90 Å². The third kappa shape index (κ3) is 5.51. The van der Waals surface area contributed by atoms with Crippen LogP contribution in [0.2, 0.25) is 0 Å². The van der Waals surface area contributed by atoms with Gasteiger partial charge in [0.1, 0.15) is 0 Å². The molecule has 0 aliphatic carbocycles. The number of carbonyl (C=O) groups excluding carboxylic acids is 1. The van der Waals surface area contributed by atoms with Crippen LogP contribution < -0.4 is 0 Å². The third-order valence-corrected chi connectivity index (χ3v) is 4.83. The maximum absolute atomic E-state index is 12.9. The van der Waals surface area contributed by atoms with E-state index in [1.165, 1.54) is 0 Å². The molecule has 28 heavy (non-hydrogen) atoms. The van der Waals surface area contributed by atoms with Crippen molar-refractivity contribution >= 4 is 17.9 Å². The van der Waals surface area contributed by atoms with Gasteiger partial charge in [0, 0.05) is 30.3 Å². The number of hydrogen-bond donors (Lipinski definition) is 0. The Labute approximate surface area is 168 Å². The molecule has 142 valence electrons. The molecule has 2 heteroatoms. The standard InChI is InChI=1S/C26H27NO/c1-21(2)27-19-24(17-9-15-22-11-5-3-6-12-22)26(28)25(20-27)18-10-16-23-13-7-4-8-14-23/h3-18,21H,19-20H2,1-2H3.